The van der Waals surface area contributed by atoms with Crippen molar-refractivity contribution in [2.45, 2.75) is 0 Å². The lowest BCUT2D eigenvalue weighted by Gasteiger charge is -1.85. The van der Waals surface area contributed by atoms with Crippen molar-refractivity contribution in [2.75, 3.05) is 0 Å². The van der Waals surface area contributed by atoms with Crippen LogP contribution in [0.4, 0.5) is 0 Å². The maximum Gasteiger partial charge on any atom is 0.199 e. The quantitative estimate of drug-likeness (QED) is 0.522. The highest BCUT2D eigenvalue weighted by Crippen LogP contribution is 2.14. The summed E-state index contributed by atoms with van der Waals surface area (Å²) in [7, 11) is 0. The van der Waals surface area contributed by atoms with E-state index in [0.29, 0.717) is 5.02 Å². The molecule has 0 aliphatic heterocycles. The van der Waals surface area contributed by atoms with Gasteiger partial charge >= 0.3 is 0 Å². The fourth-order valence-corrected chi connectivity index (χ4v) is 0.443. The Morgan fingerprint density at radius 3 is 2.62 bits per heavy atom. The van der Waals surface area contributed by atoms with Crippen LogP contribution < -0.4 is 0 Å². The molecule has 0 bridgehead atoms. The molecule has 41 valence electrons. The first kappa shape index (κ1) is 5.79. The molecule has 1 rings (SSSR count). The number of hydrogen-bond donors (Lipinski definition) is 0. The van der Waals surface area contributed by atoms with Crippen molar-refractivity contribution in [3.63, 3.8) is 0 Å². The summed E-state index contributed by atoms with van der Waals surface area (Å²) in [4.78, 5) is 6.97. The fourth-order valence-electron chi connectivity index (χ4n) is 0.265. The molecule has 4 heteroatoms. The van der Waals surface area contributed by atoms with Gasteiger partial charge in [0.15, 0.2) is 11.5 Å². The van der Waals surface area contributed by atoms with Crippen LogP contribution in [0.2, 0.25) is 10.2 Å². The Balaban J connectivity index is 3.13. The van der Waals surface area contributed by atoms with Crippen molar-refractivity contribution in [3.8, 4) is 0 Å². The second-order valence-electron chi connectivity index (χ2n) is 1.11. The molecule has 0 spiro atoms. The second-order valence-corrected chi connectivity index (χ2v) is 1.87. The fraction of sp³-hybridized carbons (Fsp3) is 0. The van der Waals surface area contributed by atoms with E-state index in [1.54, 1.807) is 0 Å². The van der Waals surface area contributed by atoms with Crippen LogP contribution in [0.25, 0.3) is 0 Å². The van der Waals surface area contributed by atoms with Gasteiger partial charge in [0, 0.05) is 0 Å². The zero-order valence-electron chi connectivity index (χ0n) is 3.73. The summed E-state index contributed by atoms with van der Waals surface area (Å²) in [6, 6.07) is 0. The van der Waals surface area contributed by atoms with Gasteiger partial charge in [0.1, 0.15) is 0 Å². The largest absolute Gasteiger partial charge is 0.232 e. The molecular weight excluding hydrogens is 147 g/mol. The normalized spacial score (nSPS) is 9.25. The minimum Gasteiger partial charge on any atom is -0.232 e. The molecule has 0 aliphatic rings. The molecule has 2 nitrogen and oxygen atoms in total. The number of halogens is 2. The van der Waals surface area contributed by atoms with Crippen molar-refractivity contribution in [1.82, 2.24) is 9.97 Å². The molecule has 1 aromatic rings. The van der Waals surface area contributed by atoms with Gasteiger partial charge in [-0.3, -0.25) is 0 Å². The third-order valence-electron chi connectivity index (χ3n) is 0.581. The van der Waals surface area contributed by atoms with Gasteiger partial charge in [-0.15, -0.1) is 0 Å². The molecule has 0 unspecified atom stereocenters. The number of nitrogens with zero attached hydrogens (tertiary/aromatic N) is 2. The monoisotopic (exact) mass is 147 g/mol. The predicted octanol–water partition coefficient (Wildman–Crippen LogP) is 1.58. The summed E-state index contributed by atoms with van der Waals surface area (Å²) >= 11 is 10.8. The van der Waals surface area contributed by atoms with Gasteiger partial charge in [0.2, 0.25) is 0 Å². The average molecular weight is 148 g/mol. The summed E-state index contributed by atoms with van der Waals surface area (Å²) in [5.74, 6) is 0. The summed E-state index contributed by atoms with van der Waals surface area (Å²) in [6.07, 6.45) is 3.67. The van der Waals surface area contributed by atoms with Crippen molar-refractivity contribution in [3.05, 3.63) is 22.7 Å². The maximum absolute atomic E-state index is 5.43. The summed E-state index contributed by atoms with van der Waals surface area (Å²) in [5, 5.41) is 0.590. The van der Waals surface area contributed by atoms with Crippen molar-refractivity contribution < 1.29 is 0 Å². The van der Waals surface area contributed by atoms with E-state index in [0.717, 1.165) is 0 Å². The van der Waals surface area contributed by atoms with Gasteiger partial charge in [0.05, 0.1) is 11.2 Å². The molecule has 0 fully saturated rings. The standard InChI is InChI=1S/C4HCl2N2/c5-3-1-7-2-8-4(3)6/h1H. The number of hydrogen-bond acceptors (Lipinski definition) is 2. The highest BCUT2D eigenvalue weighted by molar-refractivity contribution is 6.40. The Labute approximate surface area is 56.5 Å². The van der Waals surface area contributed by atoms with E-state index in [-0.39, 0.29) is 5.15 Å². The van der Waals surface area contributed by atoms with Gasteiger partial charge < -0.3 is 0 Å². The zero-order chi connectivity index (χ0) is 5.98. The Hall–Kier alpha value is -0.340. The molecular formula is C4HCl2N2. The van der Waals surface area contributed by atoms with Crippen LogP contribution >= 0.6 is 23.2 Å². The molecule has 1 aromatic heterocycles. The molecule has 0 aliphatic carbocycles. The smallest absolute Gasteiger partial charge is 0.199 e. The Morgan fingerprint density at radius 1 is 1.50 bits per heavy atom. The highest BCUT2D eigenvalue weighted by Gasteiger charge is 1.93. The number of rotatable bonds is 0. The zero-order valence-corrected chi connectivity index (χ0v) is 5.24. The van der Waals surface area contributed by atoms with Crippen molar-refractivity contribution in [2.24, 2.45) is 0 Å². The molecule has 0 amide bonds. The van der Waals surface area contributed by atoms with E-state index in [4.69, 9.17) is 23.2 Å². The van der Waals surface area contributed by atoms with Crippen LogP contribution in [0.5, 0.6) is 0 Å². The van der Waals surface area contributed by atoms with Crippen molar-refractivity contribution >= 4 is 23.2 Å². The molecule has 0 aromatic carbocycles. The van der Waals surface area contributed by atoms with Crippen molar-refractivity contribution in [1.29, 1.82) is 0 Å². The first-order chi connectivity index (χ1) is 3.80. The second kappa shape index (κ2) is 2.29. The third-order valence-corrected chi connectivity index (χ3v) is 1.24. The minimum atomic E-state index is 0.238. The molecule has 0 saturated heterocycles. The first-order valence-electron chi connectivity index (χ1n) is 1.85. The molecule has 1 heterocycles. The summed E-state index contributed by atoms with van der Waals surface area (Å²) in [5.41, 5.74) is 0. The number of aromatic nitrogens is 2. The molecule has 8 heavy (non-hydrogen) atoms. The highest BCUT2D eigenvalue weighted by atomic mass is 35.5. The minimum absolute atomic E-state index is 0.238. The third kappa shape index (κ3) is 1.08. The molecule has 0 atom stereocenters. The Kier molecular flexibility index (Phi) is 1.65. The van der Waals surface area contributed by atoms with E-state index in [2.05, 4.69) is 16.3 Å². The lowest BCUT2D eigenvalue weighted by Crippen LogP contribution is -1.77. The van der Waals surface area contributed by atoms with Crippen LogP contribution in [0.3, 0.4) is 0 Å². The van der Waals surface area contributed by atoms with Gasteiger partial charge in [0.25, 0.3) is 0 Å². The maximum atomic E-state index is 5.43. The van der Waals surface area contributed by atoms with Gasteiger partial charge in [-0.2, -0.15) is 0 Å². The van der Waals surface area contributed by atoms with E-state index >= 15 is 0 Å². The van der Waals surface area contributed by atoms with Gasteiger partial charge in [-0.05, 0) is 0 Å². The van der Waals surface area contributed by atoms with Crippen LogP contribution in [0.15, 0.2) is 6.20 Å². The predicted molar refractivity (Wildman–Crippen MR) is 30.9 cm³/mol. The SMILES string of the molecule is Clc1cn[c]nc1Cl. The first-order valence-corrected chi connectivity index (χ1v) is 2.60. The summed E-state index contributed by atoms with van der Waals surface area (Å²) < 4.78 is 0. The lowest BCUT2D eigenvalue weighted by molar-refractivity contribution is 1.15. The van der Waals surface area contributed by atoms with Crippen LogP contribution in [-0.2, 0) is 0 Å². The summed E-state index contributed by atoms with van der Waals surface area (Å²) in [6.45, 7) is 0. The topological polar surface area (TPSA) is 25.8 Å². The van der Waals surface area contributed by atoms with Crippen LogP contribution in [0, 0.1) is 6.33 Å². The molecule has 0 saturated carbocycles. The van der Waals surface area contributed by atoms with E-state index in [1.807, 2.05) is 0 Å². The Morgan fingerprint density at radius 2 is 2.25 bits per heavy atom. The van der Waals surface area contributed by atoms with E-state index in [1.165, 1.54) is 6.20 Å². The van der Waals surface area contributed by atoms with Gasteiger partial charge in [-0.1, -0.05) is 23.2 Å². The average Bonchev–Trinajstić information content (AvgIpc) is 1.77. The Bertz CT molecular complexity index is 168. The van der Waals surface area contributed by atoms with E-state index in [9.17, 15) is 0 Å². The van der Waals surface area contributed by atoms with Crippen LogP contribution in [-0.4, -0.2) is 9.97 Å². The van der Waals surface area contributed by atoms with Gasteiger partial charge in [-0.25, -0.2) is 9.97 Å². The molecule has 1 radical (unpaired) electrons. The molecule has 0 N–H and O–H groups in total. The lowest BCUT2D eigenvalue weighted by atomic mass is 10.7. The van der Waals surface area contributed by atoms with Crippen LogP contribution in [0.1, 0.15) is 0 Å². The van der Waals surface area contributed by atoms with E-state index < -0.39 is 0 Å².